The summed E-state index contributed by atoms with van der Waals surface area (Å²) < 4.78 is 19.1. The Hall–Kier alpha value is -3.99. The smallest absolute Gasteiger partial charge is 0.286 e. The number of anilines is 3. The molecule has 1 aromatic carbocycles. The number of hydrogen-bond acceptors (Lipinski definition) is 7. The lowest BCUT2D eigenvalue weighted by atomic mass is 10.1. The molecule has 1 fully saturated rings. The molecule has 206 valence electrons. The number of hydrogen-bond donors (Lipinski definition) is 1. The molecule has 0 amide bonds. The number of nitrogens with zero attached hydrogens (tertiary/aromatic N) is 7. The Morgan fingerprint density at radius 2 is 1.69 bits per heavy atom. The molecule has 1 N–H and O–H groups in total. The first-order valence-corrected chi connectivity index (χ1v) is 13.3. The van der Waals surface area contributed by atoms with E-state index in [0.29, 0.717) is 22.7 Å². The summed E-state index contributed by atoms with van der Waals surface area (Å²) in [5.41, 5.74) is 2.82. The summed E-state index contributed by atoms with van der Waals surface area (Å²) in [6.07, 6.45) is 3.05. The van der Waals surface area contributed by atoms with E-state index in [1.54, 1.807) is 24.7 Å². The largest absolute Gasteiger partial charge is 0.369 e. The van der Waals surface area contributed by atoms with Gasteiger partial charge in [-0.3, -0.25) is 9.59 Å². The van der Waals surface area contributed by atoms with Crippen molar-refractivity contribution in [1.82, 2.24) is 28.8 Å². The van der Waals surface area contributed by atoms with E-state index in [4.69, 9.17) is 0 Å². The van der Waals surface area contributed by atoms with Gasteiger partial charge in [0.15, 0.2) is 11.5 Å². The van der Waals surface area contributed by atoms with Gasteiger partial charge in [-0.2, -0.15) is 4.98 Å². The van der Waals surface area contributed by atoms with Crippen LogP contribution in [0.25, 0.3) is 16.7 Å². The molecule has 0 saturated carbocycles. The van der Waals surface area contributed by atoms with Gasteiger partial charge in [0.25, 0.3) is 11.1 Å². The second-order valence-electron chi connectivity index (χ2n) is 10.8. The minimum Gasteiger partial charge on any atom is -0.369 e. The number of halogens is 1. The number of pyridine rings is 1. The number of nitrogens with one attached hydrogen (secondary N) is 1. The average Bonchev–Trinajstić information content (AvgIpc) is 3.18. The van der Waals surface area contributed by atoms with E-state index in [-0.39, 0.29) is 17.6 Å². The van der Waals surface area contributed by atoms with Crippen molar-refractivity contribution in [3.8, 4) is 5.69 Å². The highest BCUT2D eigenvalue weighted by Crippen LogP contribution is 2.27. The van der Waals surface area contributed by atoms with Crippen molar-refractivity contribution >= 4 is 28.4 Å². The van der Waals surface area contributed by atoms with Gasteiger partial charge in [0.1, 0.15) is 5.39 Å². The van der Waals surface area contributed by atoms with Crippen molar-refractivity contribution in [2.75, 3.05) is 43.4 Å². The van der Waals surface area contributed by atoms with Gasteiger partial charge in [-0.25, -0.2) is 18.7 Å². The molecule has 4 heterocycles. The zero-order chi connectivity index (χ0) is 28.0. The highest BCUT2D eigenvalue weighted by molar-refractivity contribution is 5.77. The van der Waals surface area contributed by atoms with E-state index in [1.807, 2.05) is 19.9 Å². The van der Waals surface area contributed by atoms with E-state index in [0.717, 1.165) is 43.5 Å². The van der Waals surface area contributed by atoms with Gasteiger partial charge in [-0.05, 0) is 65.4 Å². The van der Waals surface area contributed by atoms with E-state index in [2.05, 4.69) is 51.2 Å². The average molecular weight is 535 g/mol. The predicted molar refractivity (Wildman–Crippen MR) is 152 cm³/mol. The Morgan fingerprint density at radius 3 is 2.33 bits per heavy atom. The molecule has 1 aliphatic heterocycles. The van der Waals surface area contributed by atoms with Crippen LogP contribution in [0.15, 0.2) is 46.2 Å². The molecule has 1 aliphatic rings. The Balaban J connectivity index is 1.56. The van der Waals surface area contributed by atoms with Gasteiger partial charge in [0, 0.05) is 68.1 Å². The molecule has 10 nitrogen and oxygen atoms in total. The molecule has 4 aromatic rings. The fourth-order valence-corrected chi connectivity index (χ4v) is 5.09. The number of piperazine rings is 1. The first kappa shape index (κ1) is 26.6. The molecule has 0 spiro atoms. The fourth-order valence-electron chi connectivity index (χ4n) is 5.09. The monoisotopic (exact) mass is 534 g/mol. The van der Waals surface area contributed by atoms with Gasteiger partial charge in [-0.1, -0.05) is 0 Å². The van der Waals surface area contributed by atoms with Crippen molar-refractivity contribution in [2.24, 2.45) is 0 Å². The van der Waals surface area contributed by atoms with Crippen molar-refractivity contribution in [2.45, 2.75) is 46.7 Å². The minimum atomic E-state index is -0.894. The molecule has 39 heavy (non-hydrogen) atoms. The van der Waals surface area contributed by atoms with Gasteiger partial charge >= 0.3 is 0 Å². The molecular formula is C28H35FN8O2. The maximum Gasteiger partial charge on any atom is 0.286 e. The summed E-state index contributed by atoms with van der Waals surface area (Å²) in [5, 5.41) is 3.56. The van der Waals surface area contributed by atoms with Crippen LogP contribution in [0, 0.1) is 12.7 Å². The second-order valence-corrected chi connectivity index (χ2v) is 10.8. The van der Waals surface area contributed by atoms with Gasteiger partial charge in [0.05, 0.1) is 5.69 Å². The third-order valence-electron chi connectivity index (χ3n) is 7.19. The summed E-state index contributed by atoms with van der Waals surface area (Å²) >= 11 is 0. The molecule has 0 bridgehead atoms. The summed E-state index contributed by atoms with van der Waals surface area (Å²) in [4.78, 5) is 39.5. The van der Waals surface area contributed by atoms with Crippen LogP contribution in [-0.2, 0) is 0 Å². The predicted octanol–water partition coefficient (Wildman–Crippen LogP) is 3.85. The fraction of sp³-hybridized carbons (Fsp3) is 0.429. The van der Waals surface area contributed by atoms with E-state index in [1.165, 1.54) is 21.1 Å². The number of fused-ring (bicyclic) bond motifs is 1. The summed E-state index contributed by atoms with van der Waals surface area (Å²) in [7, 11) is 2.14. The number of aryl methyl sites for hydroxylation is 1. The van der Waals surface area contributed by atoms with Crippen LogP contribution in [-0.4, -0.2) is 62.0 Å². The van der Waals surface area contributed by atoms with Crippen LogP contribution in [0.3, 0.4) is 0 Å². The lowest BCUT2D eigenvalue weighted by Crippen LogP contribution is -2.44. The van der Waals surface area contributed by atoms with Crippen molar-refractivity contribution in [1.29, 1.82) is 0 Å². The van der Waals surface area contributed by atoms with Gasteiger partial charge in [0.2, 0.25) is 5.95 Å². The van der Waals surface area contributed by atoms with Crippen LogP contribution in [0.2, 0.25) is 0 Å². The van der Waals surface area contributed by atoms with Crippen molar-refractivity contribution < 1.29 is 4.39 Å². The molecule has 0 atom stereocenters. The van der Waals surface area contributed by atoms with Crippen LogP contribution >= 0.6 is 0 Å². The maximum atomic E-state index is 14.7. The van der Waals surface area contributed by atoms with Gasteiger partial charge in [-0.15, -0.1) is 0 Å². The maximum absolute atomic E-state index is 14.7. The van der Waals surface area contributed by atoms with Crippen LogP contribution in [0.4, 0.5) is 21.7 Å². The summed E-state index contributed by atoms with van der Waals surface area (Å²) in [5.74, 6) is -0.587. The Kier molecular flexibility index (Phi) is 7.02. The molecule has 3 aromatic heterocycles. The van der Waals surface area contributed by atoms with E-state index < -0.39 is 11.4 Å². The van der Waals surface area contributed by atoms with E-state index >= 15 is 0 Å². The van der Waals surface area contributed by atoms with Crippen LogP contribution < -0.4 is 21.3 Å². The molecule has 5 rings (SSSR count). The Morgan fingerprint density at radius 1 is 0.974 bits per heavy atom. The Bertz CT molecular complexity index is 1640. The molecule has 0 radical (unpaired) electrons. The number of rotatable bonds is 6. The van der Waals surface area contributed by atoms with Gasteiger partial charge < -0.3 is 19.7 Å². The topological polar surface area (TPSA) is 93.2 Å². The Labute approximate surface area is 226 Å². The molecule has 1 saturated heterocycles. The highest BCUT2D eigenvalue weighted by Gasteiger charge is 2.22. The molecule has 0 unspecified atom stereocenters. The van der Waals surface area contributed by atoms with E-state index in [9.17, 15) is 14.0 Å². The summed E-state index contributed by atoms with van der Waals surface area (Å²) in [6, 6.07) is 6.78. The second kappa shape index (κ2) is 10.3. The molecule has 0 aliphatic carbocycles. The normalized spacial score (nSPS) is 14.6. The summed E-state index contributed by atoms with van der Waals surface area (Å²) in [6.45, 7) is 13.4. The SMILES string of the molecule is Cc1cc(Nc2ncc3c(=O)n(C(C)C)n(-c4cc(F)c(=O)n(C(C)C)c4)c3n2)ccc1N1CCN(C)CC1. The number of aromatic nitrogens is 5. The van der Waals surface area contributed by atoms with Crippen molar-refractivity contribution in [3.63, 3.8) is 0 Å². The number of benzene rings is 1. The van der Waals surface area contributed by atoms with Crippen LogP contribution in [0.1, 0.15) is 45.3 Å². The zero-order valence-corrected chi connectivity index (χ0v) is 23.3. The molecule has 11 heteroatoms. The minimum absolute atomic E-state index is 0.254. The first-order chi connectivity index (χ1) is 18.5. The quantitative estimate of drug-likeness (QED) is 0.402. The molecular weight excluding hydrogens is 499 g/mol. The lowest BCUT2D eigenvalue weighted by Gasteiger charge is -2.35. The number of likely N-dealkylation sites (N-methyl/N-ethyl adjacent to an activating group) is 1. The standard InChI is InChI=1S/C28H35FN8O2/c1-17(2)35-16-21(14-23(29)27(35)39)37-25-22(26(38)36(37)18(3)4)15-30-28(32-25)31-20-7-8-24(19(5)13-20)34-11-9-33(6)10-12-34/h7-8,13-18H,9-12H2,1-6H3,(H,30,31,32). The first-order valence-electron chi connectivity index (χ1n) is 13.3. The third-order valence-corrected chi connectivity index (χ3v) is 7.19. The zero-order valence-electron chi connectivity index (χ0n) is 23.3. The van der Waals surface area contributed by atoms with Crippen LogP contribution in [0.5, 0.6) is 0 Å². The van der Waals surface area contributed by atoms with Crippen molar-refractivity contribution in [3.05, 3.63) is 68.7 Å². The third kappa shape index (κ3) is 4.94. The highest BCUT2D eigenvalue weighted by atomic mass is 19.1. The lowest BCUT2D eigenvalue weighted by molar-refractivity contribution is 0.312.